The maximum Gasteiger partial charge on any atom is 0.311 e. The van der Waals surface area contributed by atoms with Gasteiger partial charge in [-0.1, -0.05) is 26.8 Å². The summed E-state index contributed by atoms with van der Waals surface area (Å²) in [7, 11) is 0. The second-order valence-electron chi connectivity index (χ2n) is 6.11. The Balaban J connectivity index is 2.20. The predicted molar refractivity (Wildman–Crippen MR) is 70.0 cm³/mol. The predicted octanol–water partition coefficient (Wildman–Crippen LogP) is 3.90. The lowest BCUT2D eigenvalue weighted by Crippen LogP contribution is -2.17. The zero-order valence-electron chi connectivity index (χ0n) is 11.1. The molecule has 4 heteroatoms. The van der Waals surface area contributed by atoms with Crippen LogP contribution in [0.5, 0.6) is 5.75 Å². The molecule has 0 heterocycles. The highest BCUT2D eigenvalue weighted by Gasteiger charge is 2.27. The minimum atomic E-state index is -0.357. The van der Waals surface area contributed by atoms with Gasteiger partial charge in [0.15, 0.2) is 5.75 Å². The highest BCUT2D eigenvalue weighted by Crippen LogP contribution is 2.42. The van der Waals surface area contributed by atoms with E-state index in [1.807, 2.05) is 26.8 Å². The summed E-state index contributed by atoms with van der Waals surface area (Å²) in [5.41, 5.74) is 1.14. The first kappa shape index (κ1) is 12.9. The van der Waals surface area contributed by atoms with Gasteiger partial charge in [0.2, 0.25) is 0 Å². The molecule has 0 bridgehead atoms. The van der Waals surface area contributed by atoms with Crippen molar-refractivity contribution >= 4 is 5.69 Å². The Labute approximate surface area is 107 Å². The number of nitro groups is 1. The van der Waals surface area contributed by atoms with Gasteiger partial charge in [0, 0.05) is 6.07 Å². The Hall–Kier alpha value is -1.58. The summed E-state index contributed by atoms with van der Waals surface area (Å²) in [6.45, 7) is 6.59. The van der Waals surface area contributed by atoms with Crippen molar-refractivity contribution < 1.29 is 9.66 Å². The minimum absolute atomic E-state index is 0.0109. The molecule has 0 aliphatic heterocycles. The van der Waals surface area contributed by atoms with Gasteiger partial charge in [-0.05, 0) is 35.8 Å². The van der Waals surface area contributed by atoms with Crippen LogP contribution in [0.4, 0.5) is 5.69 Å². The van der Waals surface area contributed by atoms with Gasteiger partial charge in [-0.15, -0.1) is 0 Å². The molecule has 0 saturated heterocycles. The van der Waals surface area contributed by atoms with Crippen LogP contribution in [-0.4, -0.2) is 11.5 Å². The van der Waals surface area contributed by atoms with Gasteiger partial charge >= 0.3 is 5.69 Å². The van der Waals surface area contributed by atoms with E-state index in [9.17, 15) is 10.1 Å². The van der Waals surface area contributed by atoms with Crippen LogP contribution in [0.3, 0.4) is 0 Å². The summed E-state index contributed by atoms with van der Waals surface area (Å²) in [4.78, 5) is 10.7. The van der Waals surface area contributed by atoms with E-state index in [2.05, 4.69) is 0 Å². The number of nitro benzene ring substituents is 1. The van der Waals surface area contributed by atoms with Crippen molar-refractivity contribution in [2.75, 3.05) is 6.61 Å². The lowest BCUT2D eigenvalue weighted by Gasteiger charge is -2.18. The van der Waals surface area contributed by atoms with Crippen LogP contribution in [0, 0.1) is 15.5 Å². The average molecular weight is 249 g/mol. The van der Waals surface area contributed by atoms with Gasteiger partial charge in [-0.3, -0.25) is 10.1 Å². The Morgan fingerprint density at radius 3 is 2.56 bits per heavy atom. The summed E-state index contributed by atoms with van der Waals surface area (Å²) in [5.74, 6) is 0.889. The normalized spacial score (nSPS) is 15.5. The number of benzene rings is 1. The third kappa shape index (κ3) is 3.22. The number of ether oxygens (including phenoxy) is 1. The Morgan fingerprint density at radius 1 is 1.39 bits per heavy atom. The van der Waals surface area contributed by atoms with Crippen LogP contribution in [0.1, 0.15) is 45.1 Å². The molecule has 1 aromatic rings. The molecule has 18 heavy (non-hydrogen) atoms. The number of nitrogens with zero attached hydrogens (tertiary/aromatic N) is 1. The molecule has 2 rings (SSSR count). The quantitative estimate of drug-likeness (QED) is 0.600. The van der Waals surface area contributed by atoms with E-state index >= 15 is 0 Å². The van der Waals surface area contributed by atoms with Crippen LogP contribution in [-0.2, 0) is 0 Å². The molecule has 0 amide bonds. The Bertz CT molecular complexity index is 459. The highest BCUT2D eigenvalue weighted by molar-refractivity contribution is 5.50. The smallest absolute Gasteiger partial charge is 0.311 e. The van der Waals surface area contributed by atoms with Crippen molar-refractivity contribution in [3.05, 3.63) is 33.9 Å². The fraction of sp³-hybridized carbons (Fsp3) is 0.571. The molecular weight excluding hydrogens is 230 g/mol. The van der Waals surface area contributed by atoms with E-state index in [-0.39, 0.29) is 16.0 Å². The van der Waals surface area contributed by atoms with E-state index in [0.29, 0.717) is 18.3 Å². The Morgan fingerprint density at radius 2 is 2.06 bits per heavy atom. The maximum absolute atomic E-state index is 11.1. The second-order valence-corrected chi connectivity index (χ2v) is 6.11. The molecular formula is C14H19NO3. The van der Waals surface area contributed by atoms with Crippen molar-refractivity contribution in [2.24, 2.45) is 5.41 Å². The van der Waals surface area contributed by atoms with Crippen molar-refractivity contribution in [3.63, 3.8) is 0 Å². The molecule has 0 radical (unpaired) electrons. The van der Waals surface area contributed by atoms with E-state index in [0.717, 1.165) is 18.4 Å². The number of rotatable bonds is 4. The van der Waals surface area contributed by atoms with Gasteiger partial charge < -0.3 is 4.74 Å². The van der Waals surface area contributed by atoms with Gasteiger partial charge in [0.1, 0.15) is 0 Å². The van der Waals surface area contributed by atoms with Crippen LogP contribution in [0.15, 0.2) is 18.2 Å². The van der Waals surface area contributed by atoms with Crippen molar-refractivity contribution in [1.29, 1.82) is 0 Å². The second kappa shape index (κ2) is 4.59. The third-order valence-electron chi connectivity index (χ3n) is 2.89. The fourth-order valence-electron chi connectivity index (χ4n) is 1.76. The first-order valence-corrected chi connectivity index (χ1v) is 6.28. The lowest BCUT2D eigenvalue weighted by atomic mass is 9.98. The first-order valence-electron chi connectivity index (χ1n) is 6.28. The molecule has 98 valence electrons. The average Bonchev–Trinajstić information content (AvgIpc) is 3.08. The summed E-state index contributed by atoms with van der Waals surface area (Å²) in [6.07, 6.45) is 2.28. The topological polar surface area (TPSA) is 52.4 Å². The highest BCUT2D eigenvalue weighted by atomic mass is 16.6. The first-order chi connectivity index (χ1) is 8.37. The van der Waals surface area contributed by atoms with Gasteiger partial charge in [0.05, 0.1) is 11.5 Å². The van der Waals surface area contributed by atoms with Gasteiger partial charge in [0.25, 0.3) is 0 Å². The molecule has 1 fully saturated rings. The number of hydrogen-bond acceptors (Lipinski definition) is 3. The monoisotopic (exact) mass is 249 g/mol. The van der Waals surface area contributed by atoms with Crippen LogP contribution >= 0.6 is 0 Å². The van der Waals surface area contributed by atoms with Gasteiger partial charge in [-0.25, -0.2) is 0 Å². The molecule has 0 unspecified atom stereocenters. The van der Waals surface area contributed by atoms with Crippen molar-refractivity contribution in [1.82, 2.24) is 0 Å². The molecule has 1 aromatic carbocycles. The van der Waals surface area contributed by atoms with E-state index < -0.39 is 0 Å². The van der Waals surface area contributed by atoms with E-state index in [4.69, 9.17) is 4.74 Å². The lowest BCUT2D eigenvalue weighted by molar-refractivity contribution is -0.386. The largest absolute Gasteiger partial charge is 0.486 e. The standard InChI is InChI=1S/C14H19NO3/c1-14(2,3)9-18-13-7-6-11(10-4-5-10)8-12(13)15(16)17/h6-8,10H,4-5,9H2,1-3H3. The molecule has 1 aliphatic carbocycles. The number of hydrogen-bond donors (Lipinski definition) is 0. The van der Waals surface area contributed by atoms with E-state index in [1.54, 1.807) is 12.1 Å². The molecule has 1 aliphatic rings. The SMILES string of the molecule is CC(C)(C)COc1ccc(C2CC2)cc1[N+](=O)[O-]. The molecule has 4 nitrogen and oxygen atoms in total. The summed E-state index contributed by atoms with van der Waals surface area (Å²) in [6, 6.07) is 5.34. The summed E-state index contributed by atoms with van der Waals surface area (Å²) >= 11 is 0. The van der Waals surface area contributed by atoms with Crippen molar-refractivity contribution in [2.45, 2.75) is 39.5 Å². The van der Waals surface area contributed by atoms with Crippen LogP contribution in [0.25, 0.3) is 0 Å². The third-order valence-corrected chi connectivity index (χ3v) is 2.89. The van der Waals surface area contributed by atoms with Gasteiger partial charge in [-0.2, -0.15) is 0 Å². The molecule has 0 atom stereocenters. The van der Waals surface area contributed by atoms with Crippen LogP contribution < -0.4 is 4.74 Å². The van der Waals surface area contributed by atoms with E-state index in [1.165, 1.54) is 0 Å². The van der Waals surface area contributed by atoms with Crippen molar-refractivity contribution in [3.8, 4) is 5.75 Å². The minimum Gasteiger partial charge on any atom is -0.486 e. The molecule has 0 N–H and O–H groups in total. The zero-order chi connectivity index (χ0) is 13.3. The maximum atomic E-state index is 11.1. The van der Waals surface area contributed by atoms with Crippen LogP contribution in [0.2, 0.25) is 0 Å². The molecule has 0 aromatic heterocycles. The fourth-order valence-corrected chi connectivity index (χ4v) is 1.76. The Kier molecular flexibility index (Phi) is 3.28. The summed E-state index contributed by atoms with van der Waals surface area (Å²) in [5, 5.41) is 11.1. The summed E-state index contributed by atoms with van der Waals surface area (Å²) < 4.78 is 5.58. The molecule has 1 saturated carbocycles. The zero-order valence-corrected chi connectivity index (χ0v) is 11.1. The molecule has 0 spiro atoms.